The molecule has 0 amide bonds. The van der Waals surface area contributed by atoms with Crippen molar-refractivity contribution < 1.29 is 0 Å². The highest BCUT2D eigenvalue weighted by molar-refractivity contribution is 5.40. The Hall–Kier alpha value is -2.38. The summed E-state index contributed by atoms with van der Waals surface area (Å²) in [5.74, 6) is 0.525. The number of nitrogens with two attached hydrogens (primary N) is 1. The molecule has 0 aliphatic carbocycles. The average molecular weight is 332 g/mol. The van der Waals surface area contributed by atoms with E-state index in [4.69, 9.17) is 5.73 Å². The van der Waals surface area contributed by atoms with Crippen LogP contribution in [0.15, 0.2) is 78.9 Å². The highest BCUT2D eigenvalue weighted by Gasteiger charge is 2.15. The Balaban J connectivity index is 0.000000236. The van der Waals surface area contributed by atoms with E-state index in [0.29, 0.717) is 12.5 Å². The van der Waals surface area contributed by atoms with Crippen molar-refractivity contribution in [2.24, 2.45) is 5.73 Å². The Morgan fingerprint density at radius 2 is 1.12 bits per heavy atom. The van der Waals surface area contributed by atoms with Gasteiger partial charge in [-0.05, 0) is 48.1 Å². The standard InChI is InChI=1S/C17H20.C7H9N/c1-4-15(16-11-7-5-9-13(16)2)17-12-8-6-10-14(17)3;8-6-7-4-2-1-3-5-7/h5-12,15H,4H2,1-3H3;1-5H,6,8H2. The zero-order valence-electron chi connectivity index (χ0n) is 15.6. The first-order chi connectivity index (χ1) is 12.2. The van der Waals surface area contributed by atoms with Gasteiger partial charge in [-0.1, -0.05) is 85.8 Å². The molecule has 130 valence electrons. The lowest BCUT2D eigenvalue weighted by atomic mass is 9.84. The van der Waals surface area contributed by atoms with Gasteiger partial charge in [0.05, 0.1) is 0 Å². The van der Waals surface area contributed by atoms with Crippen molar-refractivity contribution in [2.75, 3.05) is 0 Å². The third-order valence-corrected chi connectivity index (χ3v) is 4.61. The molecule has 0 spiro atoms. The molecular weight excluding hydrogens is 302 g/mol. The van der Waals surface area contributed by atoms with Crippen LogP contribution in [0.5, 0.6) is 0 Å². The molecule has 1 nitrogen and oxygen atoms in total. The van der Waals surface area contributed by atoms with E-state index in [1.54, 1.807) is 0 Å². The molecule has 3 aromatic rings. The number of aryl methyl sites for hydroxylation is 2. The van der Waals surface area contributed by atoms with Crippen LogP contribution in [-0.4, -0.2) is 0 Å². The summed E-state index contributed by atoms with van der Waals surface area (Å²) in [6.45, 7) is 7.32. The highest BCUT2D eigenvalue weighted by atomic mass is 14.5. The van der Waals surface area contributed by atoms with Crippen LogP contribution in [0.25, 0.3) is 0 Å². The first-order valence-electron chi connectivity index (χ1n) is 9.02. The van der Waals surface area contributed by atoms with E-state index in [2.05, 4.69) is 69.3 Å². The summed E-state index contributed by atoms with van der Waals surface area (Å²) in [4.78, 5) is 0. The van der Waals surface area contributed by atoms with E-state index in [0.717, 1.165) is 6.42 Å². The zero-order valence-corrected chi connectivity index (χ0v) is 15.6. The maximum atomic E-state index is 5.35. The molecule has 0 saturated carbocycles. The quantitative estimate of drug-likeness (QED) is 0.624. The minimum atomic E-state index is 0.525. The Kier molecular flexibility index (Phi) is 7.43. The van der Waals surface area contributed by atoms with Gasteiger partial charge < -0.3 is 5.73 Å². The molecule has 0 unspecified atom stereocenters. The fourth-order valence-corrected chi connectivity index (χ4v) is 3.18. The smallest absolute Gasteiger partial charge is 0.0178 e. The third-order valence-electron chi connectivity index (χ3n) is 4.61. The second kappa shape index (κ2) is 9.80. The van der Waals surface area contributed by atoms with Gasteiger partial charge in [0, 0.05) is 12.5 Å². The molecule has 0 radical (unpaired) electrons. The monoisotopic (exact) mass is 331 g/mol. The normalized spacial score (nSPS) is 10.3. The zero-order chi connectivity index (χ0) is 18.1. The highest BCUT2D eigenvalue weighted by Crippen LogP contribution is 2.31. The molecule has 0 atom stereocenters. The predicted molar refractivity (Wildman–Crippen MR) is 109 cm³/mol. The van der Waals surface area contributed by atoms with Crippen LogP contribution in [0, 0.1) is 13.8 Å². The fourth-order valence-electron chi connectivity index (χ4n) is 3.18. The molecule has 0 aliphatic rings. The predicted octanol–water partition coefficient (Wildman–Crippen LogP) is 5.99. The summed E-state index contributed by atoms with van der Waals surface area (Å²) in [5.41, 5.74) is 12.2. The molecule has 0 fully saturated rings. The van der Waals surface area contributed by atoms with E-state index in [9.17, 15) is 0 Å². The first-order valence-corrected chi connectivity index (χ1v) is 9.02. The summed E-state index contributed by atoms with van der Waals surface area (Å²) < 4.78 is 0. The molecule has 0 bridgehead atoms. The molecular formula is C24H29N. The largest absolute Gasteiger partial charge is 0.326 e. The third kappa shape index (κ3) is 5.30. The maximum Gasteiger partial charge on any atom is 0.0178 e. The Morgan fingerprint density at radius 1 is 0.680 bits per heavy atom. The van der Waals surface area contributed by atoms with Crippen LogP contribution in [0.2, 0.25) is 0 Å². The van der Waals surface area contributed by atoms with Crippen molar-refractivity contribution in [1.82, 2.24) is 0 Å². The molecule has 2 N–H and O–H groups in total. The van der Waals surface area contributed by atoms with Crippen molar-refractivity contribution in [3.63, 3.8) is 0 Å². The van der Waals surface area contributed by atoms with Crippen LogP contribution >= 0.6 is 0 Å². The van der Waals surface area contributed by atoms with E-state index in [1.165, 1.54) is 27.8 Å². The van der Waals surface area contributed by atoms with Gasteiger partial charge in [-0.25, -0.2) is 0 Å². The number of hydrogen-bond donors (Lipinski definition) is 1. The van der Waals surface area contributed by atoms with Crippen molar-refractivity contribution in [2.45, 2.75) is 39.7 Å². The number of rotatable bonds is 4. The van der Waals surface area contributed by atoms with Crippen LogP contribution in [-0.2, 0) is 6.54 Å². The second-order valence-electron chi connectivity index (χ2n) is 6.36. The lowest BCUT2D eigenvalue weighted by molar-refractivity contribution is 0.765. The molecule has 0 aromatic heterocycles. The minimum Gasteiger partial charge on any atom is -0.326 e. The summed E-state index contributed by atoms with van der Waals surface area (Å²) in [6.07, 6.45) is 1.15. The molecule has 25 heavy (non-hydrogen) atoms. The van der Waals surface area contributed by atoms with E-state index in [-0.39, 0.29) is 0 Å². The van der Waals surface area contributed by atoms with Gasteiger partial charge in [0.2, 0.25) is 0 Å². The summed E-state index contributed by atoms with van der Waals surface area (Å²) in [5, 5.41) is 0. The lowest BCUT2D eigenvalue weighted by Crippen LogP contribution is -2.03. The van der Waals surface area contributed by atoms with Gasteiger partial charge >= 0.3 is 0 Å². The summed E-state index contributed by atoms with van der Waals surface area (Å²) in [6, 6.07) is 27.4. The summed E-state index contributed by atoms with van der Waals surface area (Å²) in [7, 11) is 0. The lowest BCUT2D eigenvalue weighted by Gasteiger charge is -2.20. The van der Waals surface area contributed by atoms with Gasteiger partial charge in [0.1, 0.15) is 0 Å². The first kappa shape index (κ1) is 19.0. The SMILES string of the molecule is CCC(c1ccccc1C)c1ccccc1C.NCc1ccccc1. The minimum absolute atomic E-state index is 0.525. The van der Waals surface area contributed by atoms with Crippen LogP contribution in [0.1, 0.15) is 47.1 Å². The van der Waals surface area contributed by atoms with Gasteiger partial charge in [0.15, 0.2) is 0 Å². The molecule has 3 aromatic carbocycles. The van der Waals surface area contributed by atoms with E-state index >= 15 is 0 Å². The van der Waals surface area contributed by atoms with Gasteiger partial charge in [-0.2, -0.15) is 0 Å². The Morgan fingerprint density at radius 3 is 1.48 bits per heavy atom. The van der Waals surface area contributed by atoms with Crippen molar-refractivity contribution in [1.29, 1.82) is 0 Å². The molecule has 0 aliphatic heterocycles. The number of benzene rings is 3. The Bertz CT molecular complexity index is 716. The molecule has 0 heterocycles. The van der Waals surface area contributed by atoms with Crippen molar-refractivity contribution in [3.05, 3.63) is 107 Å². The fraction of sp³-hybridized carbons (Fsp3) is 0.250. The van der Waals surface area contributed by atoms with Crippen LogP contribution in [0.3, 0.4) is 0 Å². The van der Waals surface area contributed by atoms with Gasteiger partial charge in [0.25, 0.3) is 0 Å². The second-order valence-corrected chi connectivity index (χ2v) is 6.36. The van der Waals surface area contributed by atoms with E-state index < -0.39 is 0 Å². The molecule has 3 rings (SSSR count). The topological polar surface area (TPSA) is 26.0 Å². The van der Waals surface area contributed by atoms with Crippen molar-refractivity contribution in [3.8, 4) is 0 Å². The Labute approximate surface area is 152 Å². The maximum absolute atomic E-state index is 5.35. The number of hydrogen-bond acceptors (Lipinski definition) is 1. The van der Waals surface area contributed by atoms with E-state index in [1.807, 2.05) is 30.3 Å². The van der Waals surface area contributed by atoms with Crippen LogP contribution < -0.4 is 5.73 Å². The molecule has 1 heteroatoms. The van der Waals surface area contributed by atoms with Gasteiger partial charge in [-0.3, -0.25) is 0 Å². The van der Waals surface area contributed by atoms with Crippen LogP contribution in [0.4, 0.5) is 0 Å². The average Bonchev–Trinajstić information content (AvgIpc) is 2.66. The molecule has 0 saturated heterocycles. The van der Waals surface area contributed by atoms with Crippen molar-refractivity contribution >= 4 is 0 Å². The van der Waals surface area contributed by atoms with Gasteiger partial charge in [-0.15, -0.1) is 0 Å². The summed E-state index contributed by atoms with van der Waals surface area (Å²) >= 11 is 0.